The molecule has 1 amide bonds. The molecule has 0 aliphatic heterocycles. The highest BCUT2D eigenvalue weighted by atomic mass is 32.2. The Balaban J connectivity index is 1.89. The van der Waals surface area contributed by atoms with Gasteiger partial charge < -0.3 is 4.74 Å². The Labute approximate surface area is 174 Å². The van der Waals surface area contributed by atoms with Gasteiger partial charge in [0, 0.05) is 12.1 Å². The second kappa shape index (κ2) is 9.18. The number of carbonyl (C=O) groups excluding carboxylic acids is 1. The summed E-state index contributed by atoms with van der Waals surface area (Å²) in [4.78, 5) is 27.7. The third-order valence-electron chi connectivity index (χ3n) is 3.63. The van der Waals surface area contributed by atoms with Gasteiger partial charge in [0.2, 0.25) is 0 Å². The first-order valence-electron chi connectivity index (χ1n) is 8.28. The second-order valence-corrected chi connectivity index (χ2v) is 7.89. The van der Waals surface area contributed by atoms with Crippen molar-refractivity contribution in [3.05, 3.63) is 69.9 Å². The number of aryl methyl sites for hydroxylation is 1. The third-order valence-corrected chi connectivity index (χ3v) is 5.93. The summed E-state index contributed by atoms with van der Waals surface area (Å²) < 4.78 is 6.57. The SMILES string of the molecule is Cc1nc(NC(=O)c2cc([N+](=O)[O-])ccc2Oc2ccccc2)sc1SCC#N. The molecule has 0 aliphatic rings. The van der Waals surface area contributed by atoms with E-state index in [0.717, 1.165) is 4.21 Å². The summed E-state index contributed by atoms with van der Waals surface area (Å²) in [5.74, 6) is 0.378. The Morgan fingerprint density at radius 3 is 2.79 bits per heavy atom. The highest BCUT2D eigenvalue weighted by Gasteiger charge is 2.20. The Bertz CT molecular complexity index is 1090. The first kappa shape index (κ1) is 20.3. The van der Waals surface area contributed by atoms with Crippen LogP contribution < -0.4 is 10.1 Å². The van der Waals surface area contributed by atoms with Gasteiger partial charge in [0.15, 0.2) is 5.13 Å². The molecule has 29 heavy (non-hydrogen) atoms. The fourth-order valence-electron chi connectivity index (χ4n) is 2.35. The van der Waals surface area contributed by atoms with Crippen molar-refractivity contribution in [2.75, 3.05) is 11.1 Å². The van der Waals surface area contributed by atoms with Gasteiger partial charge in [-0.05, 0) is 25.1 Å². The molecule has 3 rings (SSSR count). The minimum absolute atomic E-state index is 0.0159. The van der Waals surface area contributed by atoms with Crippen LogP contribution >= 0.6 is 23.1 Å². The summed E-state index contributed by atoms with van der Waals surface area (Å²) in [6.07, 6.45) is 0. The lowest BCUT2D eigenvalue weighted by Gasteiger charge is -2.10. The maximum Gasteiger partial charge on any atom is 0.270 e. The van der Waals surface area contributed by atoms with Crippen molar-refractivity contribution in [3.8, 4) is 17.6 Å². The molecule has 146 valence electrons. The normalized spacial score (nSPS) is 10.2. The molecule has 1 aromatic heterocycles. The van der Waals surface area contributed by atoms with E-state index in [0.29, 0.717) is 16.6 Å². The number of amides is 1. The topological polar surface area (TPSA) is 118 Å². The number of anilines is 1. The van der Waals surface area contributed by atoms with E-state index in [4.69, 9.17) is 10.00 Å². The van der Waals surface area contributed by atoms with E-state index in [2.05, 4.69) is 10.3 Å². The van der Waals surface area contributed by atoms with Crippen LogP contribution in [-0.4, -0.2) is 21.6 Å². The van der Waals surface area contributed by atoms with Crippen molar-refractivity contribution in [2.45, 2.75) is 11.1 Å². The lowest BCUT2D eigenvalue weighted by Crippen LogP contribution is -2.13. The average molecular weight is 426 g/mol. The van der Waals surface area contributed by atoms with E-state index in [-0.39, 0.29) is 22.8 Å². The smallest absolute Gasteiger partial charge is 0.270 e. The molecule has 8 nitrogen and oxygen atoms in total. The van der Waals surface area contributed by atoms with Gasteiger partial charge in [-0.2, -0.15) is 5.26 Å². The maximum atomic E-state index is 12.8. The highest BCUT2D eigenvalue weighted by Crippen LogP contribution is 2.33. The van der Waals surface area contributed by atoms with Crippen molar-refractivity contribution in [2.24, 2.45) is 0 Å². The quantitative estimate of drug-likeness (QED) is 0.320. The predicted molar refractivity (Wildman–Crippen MR) is 111 cm³/mol. The van der Waals surface area contributed by atoms with Gasteiger partial charge in [-0.15, -0.1) is 0 Å². The van der Waals surface area contributed by atoms with Crippen molar-refractivity contribution < 1.29 is 14.5 Å². The standard InChI is InChI=1S/C19H14N4O4S2/c1-12-18(28-10-9-20)29-19(21-12)22-17(24)15-11-13(23(25)26)7-8-16(15)27-14-5-3-2-4-6-14/h2-8,11H,10H2,1H3,(H,21,22,24). The van der Waals surface area contributed by atoms with Gasteiger partial charge in [0.1, 0.15) is 11.5 Å². The molecule has 0 aliphatic carbocycles. The molecule has 0 saturated carbocycles. The molecule has 0 bridgehead atoms. The van der Waals surface area contributed by atoms with Crippen LogP contribution in [0.25, 0.3) is 0 Å². The number of para-hydroxylation sites is 1. The number of hydrogen-bond donors (Lipinski definition) is 1. The van der Waals surface area contributed by atoms with Crippen molar-refractivity contribution in [3.63, 3.8) is 0 Å². The van der Waals surface area contributed by atoms with Gasteiger partial charge in [-0.1, -0.05) is 41.3 Å². The number of carbonyl (C=O) groups is 1. The number of non-ortho nitro benzene ring substituents is 1. The number of nitro groups is 1. The van der Waals surface area contributed by atoms with Crippen LogP contribution in [0.1, 0.15) is 16.1 Å². The number of rotatable bonds is 7. The Hall–Kier alpha value is -3.42. The number of hydrogen-bond acceptors (Lipinski definition) is 8. The van der Waals surface area contributed by atoms with Crippen molar-refractivity contribution in [1.82, 2.24) is 4.98 Å². The fraction of sp³-hybridized carbons (Fsp3) is 0.105. The van der Waals surface area contributed by atoms with E-state index in [1.54, 1.807) is 31.2 Å². The number of thioether (sulfide) groups is 1. The second-order valence-electron chi connectivity index (χ2n) is 5.65. The summed E-state index contributed by atoms with van der Waals surface area (Å²) in [6.45, 7) is 1.78. The number of nitro benzene ring substituents is 1. The molecule has 0 saturated heterocycles. The van der Waals surface area contributed by atoms with E-state index >= 15 is 0 Å². The van der Waals surface area contributed by atoms with Gasteiger partial charge >= 0.3 is 0 Å². The first-order valence-corrected chi connectivity index (χ1v) is 10.1. The molecule has 0 unspecified atom stereocenters. The summed E-state index contributed by atoms with van der Waals surface area (Å²) in [5, 5.41) is 22.9. The Morgan fingerprint density at radius 1 is 1.34 bits per heavy atom. The predicted octanol–water partition coefficient (Wildman–Crippen LogP) is 5.02. The van der Waals surface area contributed by atoms with Crippen LogP contribution in [0.4, 0.5) is 10.8 Å². The van der Waals surface area contributed by atoms with Gasteiger partial charge in [-0.25, -0.2) is 4.98 Å². The van der Waals surface area contributed by atoms with Crippen LogP contribution in [0, 0.1) is 28.4 Å². The molecule has 0 radical (unpaired) electrons. The van der Waals surface area contributed by atoms with E-state index in [1.165, 1.54) is 41.3 Å². The van der Waals surface area contributed by atoms with E-state index in [9.17, 15) is 14.9 Å². The molecule has 3 aromatic rings. The zero-order chi connectivity index (χ0) is 20.8. The monoisotopic (exact) mass is 426 g/mol. The summed E-state index contributed by atoms with van der Waals surface area (Å²) in [6, 6.07) is 14.7. The van der Waals surface area contributed by atoms with Crippen LogP contribution in [0.15, 0.2) is 52.7 Å². The van der Waals surface area contributed by atoms with Gasteiger partial charge in [-0.3, -0.25) is 20.2 Å². The third kappa shape index (κ3) is 5.10. The summed E-state index contributed by atoms with van der Waals surface area (Å²) >= 11 is 2.57. The Morgan fingerprint density at radius 2 is 2.10 bits per heavy atom. The molecule has 0 spiro atoms. The fourth-order valence-corrected chi connectivity index (χ4v) is 4.14. The minimum Gasteiger partial charge on any atom is -0.457 e. The van der Waals surface area contributed by atoms with Crippen LogP contribution in [0.2, 0.25) is 0 Å². The molecule has 10 heteroatoms. The van der Waals surface area contributed by atoms with E-state index in [1.807, 2.05) is 12.1 Å². The number of aromatic nitrogens is 1. The largest absolute Gasteiger partial charge is 0.457 e. The molecular formula is C19H14N4O4S2. The van der Waals surface area contributed by atoms with Gasteiger partial charge in [0.05, 0.1) is 32.2 Å². The van der Waals surface area contributed by atoms with E-state index < -0.39 is 10.8 Å². The number of nitriles is 1. The molecular weight excluding hydrogens is 412 g/mol. The Kier molecular flexibility index (Phi) is 6.43. The van der Waals surface area contributed by atoms with Crippen LogP contribution in [-0.2, 0) is 0 Å². The zero-order valence-electron chi connectivity index (χ0n) is 15.1. The van der Waals surface area contributed by atoms with Crippen LogP contribution in [0.5, 0.6) is 11.5 Å². The molecule has 2 aromatic carbocycles. The molecule has 0 atom stereocenters. The van der Waals surface area contributed by atoms with Crippen molar-refractivity contribution >= 4 is 39.8 Å². The average Bonchev–Trinajstić information content (AvgIpc) is 3.06. The molecule has 1 N–H and O–H groups in total. The number of nitrogens with one attached hydrogen (secondary N) is 1. The highest BCUT2D eigenvalue weighted by molar-refractivity contribution is 8.01. The minimum atomic E-state index is -0.579. The maximum absolute atomic E-state index is 12.8. The van der Waals surface area contributed by atoms with Crippen molar-refractivity contribution in [1.29, 1.82) is 5.26 Å². The first-order chi connectivity index (χ1) is 14.0. The molecule has 1 heterocycles. The number of thiazole rings is 1. The lowest BCUT2D eigenvalue weighted by molar-refractivity contribution is -0.384. The summed E-state index contributed by atoms with van der Waals surface area (Å²) in [5.41, 5.74) is 0.489. The molecule has 0 fully saturated rings. The summed E-state index contributed by atoms with van der Waals surface area (Å²) in [7, 11) is 0. The number of benzene rings is 2. The van der Waals surface area contributed by atoms with Gasteiger partial charge in [0.25, 0.3) is 11.6 Å². The number of nitrogens with zero attached hydrogens (tertiary/aromatic N) is 3. The van der Waals surface area contributed by atoms with Crippen LogP contribution in [0.3, 0.4) is 0 Å². The zero-order valence-corrected chi connectivity index (χ0v) is 16.8. The number of ether oxygens (including phenoxy) is 1. The lowest BCUT2D eigenvalue weighted by atomic mass is 10.1.